The highest BCUT2D eigenvalue weighted by Crippen LogP contribution is 2.16. The predicted molar refractivity (Wildman–Crippen MR) is 77.2 cm³/mol. The van der Waals surface area contributed by atoms with E-state index in [-0.39, 0.29) is 0 Å². The molecule has 0 N–H and O–H groups in total. The molecule has 0 unspecified atom stereocenters. The lowest BCUT2D eigenvalue weighted by Crippen LogP contribution is -1.86. The fraction of sp³-hybridized carbons (Fsp3) is 0.111. The van der Waals surface area contributed by atoms with Gasteiger partial charge in [-0.05, 0) is 23.3 Å². The first-order chi connectivity index (χ1) is 9.40. The zero-order chi connectivity index (χ0) is 12.9. The summed E-state index contributed by atoms with van der Waals surface area (Å²) in [5.74, 6) is 2.05. The Morgan fingerprint density at radius 3 is 1.37 bits per heavy atom. The second-order valence-corrected chi connectivity index (χ2v) is 4.69. The Kier molecular flexibility index (Phi) is 3.46. The molecule has 1 aromatic heterocycles. The van der Waals surface area contributed by atoms with Gasteiger partial charge in [0.05, 0.1) is 0 Å². The molecule has 19 heavy (non-hydrogen) atoms. The minimum atomic E-state index is 0.857. The van der Waals surface area contributed by atoms with Crippen molar-refractivity contribution in [2.45, 2.75) is 12.8 Å². The van der Waals surface area contributed by atoms with Gasteiger partial charge in [-0.15, -0.1) is 0 Å². The molecule has 0 atom stereocenters. The third-order valence-corrected chi connectivity index (χ3v) is 3.16. The summed E-state index contributed by atoms with van der Waals surface area (Å²) in [4.78, 5) is 0. The molecule has 0 aliphatic rings. The van der Waals surface area contributed by atoms with E-state index in [1.165, 1.54) is 11.1 Å². The number of furan rings is 1. The Labute approximate surface area is 113 Å². The number of rotatable bonds is 4. The average Bonchev–Trinajstić information content (AvgIpc) is 2.88. The van der Waals surface area contributed by atoms with Crippen LogP contribution in [0.2, 0.25) is 0 Å². The fourth-order valence-corrected chi connectivity index (χ4v) is 2.21. The van der Waals surface area contributed by atoms with Crippen molar-refractivity contribution in [3.63, 3.8) is 0 Å². The summed E-state index contributed by atoms with van der Waals surface area (Å²) in [5, 5.41) is 0. The second-order valence-electron chi connectivity index (χ2n) is 4.69. The normalized spacial score (nSPS) is 10.5. The average molecular weight is 248 g/mol. The summed E-state index contributed by atoms with van der Waals surface area (Å²) < 4.78 is 5.89. The first kappa shape index (κ1) is 11.8. The molecule has 0 saturated heterocycles. The number of benzene rings is 2. The zero-order valence-corrected chi connectivity index (χ0v) is 10.8. The summed E-state index contributed by atoms with van der Waals surface area (Å²) in [5.41, 5.74) is 2.56. The van der Waals surface area contributed by atoms with Crippen LogP contribution >= 0.6 is 0 Å². The van der Waals surface area contributed by atoms with Crippen molar-refractivity contribution in [3.8, 4) is 0 Å². The van der Waals surface area contributed by atoms with E-state index in [4.69, 9.17) is 4.42 Å². The molecule has 0 aliphatic carbocycles. The highest BCUT2D eigenvalue weighted by Gasteiger charge is 2.04. The van der Waals surface area contributed by atoms with E-state index < -0.39 is 0 Å². The van der Waals surface area contributed by atoms with Gasteiger partial charge in [0.1, 0.15) is 11.5 Å². The lowest BCUT2D eigenvalue weighted by molar-refractivity contribution is 0.482. The smallest absolute Gasteiger partial charge is 0.108 e. The summed E-state index contributed by atoms with van der Waals surface area (Å²) >= 11 is 0. The largest absolute Gasteiger partial charge is 0.465 e. The van der Waals surface area contributed by atoms with Gasteiger partial charge in [0.2, 0.25) is 0 Å². The molecule has 3 aromatic rings. The van der Waals surface area contributed by atoms with Crippen molar-refractivity contribution < 1.29 is 4.42 Å². The van der Waals surface area contributed by atoms with Crippen molar-refractivity contribution in [2.24, 2.45) is 0 Å². The van der Waals surface area contributed by atoms with Gasteiger partial charge in [-0.1, -0.05) is 60.7 Å². The fourth-order valence-electron chi connectivity index (χ4n) is 2.21. The Hall–Kier alpha value is -2.28. The van der Waals surface area contributed by atoms with E-state index in [0.29, 0.717) is 0 Å². The molecule has 1 nitrogen and oxygen atoms in total. The van der Waals surface area contributed by atoms with Crippen LogP contribution in [0.4, 0.5) is 0 Å². The summed E-state index contributed by atoms with van der Waals surface area (Å²) in [7, 11) is 0. The van der Waals surface area contributed by atoms with Crippen LogP contribution in [0.3, 0.4) is 0 Å². The quantitative estimate of drug-likeness (QED) is 0.664. The molecule has 94 valence electrons. The molecule has 1 heterocycles. The Balaban J connectivity index is 1.70. The van der Waals surface area contributed by atoms with Crippen LogP contribution in [0, 0.1) is 0 Å². The number of hydrogen-bond donors (Lipinski definition) is 0. The van der Waals surface area contributed by atoms with Gasteiger partial charge in [-0.25, -0.2) is 0 Å². The van der Waals surface area contributed by atoms with E-state index >= 15 is 0 Å². The van der Waals surface area contributed by atoms with Crippen LogP contribution < -0.4 is 0 Å². The SMILES string of the molecule is c1ccc(Cc2ccc(Cc3ccccc3)o2)cc1. The first-order valence-electron chi connectivity index (χ1n) is 6.55. The Bertz CT molecular complexity index is 567. The molecule has 1 heteroatoms. The molecule has 0 fully saturated rings. The Morgan fingerprint density at radius 1 is 0.526 bits per heavy atom. The zero-order valence-electron chi connectivity index (χ0n) is 10.8. The minimum absolute atomic E-state index is 0.857. The standard InChI is InChI=1S/C18H16O/c1-3-7-15(8-4-1)13-17-11-12-18(19-17)14-16-9-5-2-6-10-16/h1-12H,13-14H2. The number of hydrogen-bond acceptors (Lipinski definition) is 1. The lowest BCUT2D eigenvalue weighted by Gasteiger charge is -1.99. The third-order valence-electron chi connectivity index (χ3n) is 3.16. The van der Waals surface area contributed by atoms with E-state index in [2.05, 4.69) is 60.7 Å². The highest BCUT2D eigenvalue weighted by molar-refractivity contribution is 5.24. The van der Waals surface area contributed by atoms with Crippen LogP contribution in [0.1, 0.15) is 22.6 Å². The van der Waals surface area contributed by atoms with Gasteiger partial charge < -0.3 is 4.42 Å². The lowest BCUT2D eigenvalue weighted by atomic mass is 10.1. The molecule has 3 rings (SSSR count). The van der Waals surface area contributed by atoms with E-state index in [9.17, 15) is 0 Å². The molecule has 0 radical (unpaired) electrons. The maximum Gasteiger partial charge on any atom is 0.108 e. The van der Waals surface area contributed by atoms with Crippen LogP contribution in [0.5, 0.6) is 0 Å². The van der Waals surface area contributed by atoms with Crippen LogP contribution in [0.25, 0.3) is 0 Å². The topological polar surface area (TPSA) is 13.1 Å². The molecule has 0 amide bonds. The Morgan fingerprint density at radius 2 is 0.947 bits per heavy atom. The van der Waals surface area contributed by atoms with E-state index in [0.717, 1.165) is 24.4 Å². The molecule has 0 bridgehead atoms. The van der Waals surface area contributed by atoms with Crippen LogP contribution in [-0.2, 0) is 12.8 Å². The molecular formula is C18H16O. The van der Waals surface area contributed by atoms with E-state index in [1.807, 2.05) is 12.1 Å². The van der Waals surface area contributed by atoms with Crippen molar-refractivity contribution >= 4 is 0 Å². The first-order valence-corrected chi connectivity index (χ1v) is 6.55. The van der Waals surface area contributed by atoms with Crippen molar-refractivity contribution in [2.75, 3.05) is 0 Å². The monoisotopic (exact) mass is 248 g/mol. The third kappa shape index (κ3) is 3.14. The van der Waals surface area contributed by atoms with Gasteiger partial charge >= 0.3 is 0 Å². The predicted octanol–water partition coefficient (Wildman–Crippen LogP) is 4.46. The van der Waals surface area contributed by atoms with Crippen molar-refractivity contribution in [1.82, 2.24) is 0 Å². The van der Waals surface area contributed by atoms with Gasteiger partial charge in [0.15, 0.2) is 0 Å². The molecule has 0 aliphatic heterocycles. The van der Waals surface area contributed by atoms with Gasteiger partial charge in [-0.2, -0.15) is 0 Å². The molecule has 0 saturated carbocycles. The summed E-state index contributed by atoms with van der Waals surface area (Å²) in [6.45, 7) is 0. The van der Waals surface area contributed by atoms with Crippen LogP contribution in [-0.4, -0.2) is 0 Å². The molecule has 0 spiro atoms. The van der Waals surface area contributed by atoms with Gasteiger partial charge in [0.25, 0.3) is 0 Å². The highest BCUT2D eigenvalue weighted by atomic mass is 16.3. The summed E-state index contributed by atoms with van der Waals surface area (Å²) in [6, 6.07) is 25.0. The molecule has 2 aromatic carbocycles. The maximum absolute atomic E-state index is 5.89. The maximum atomic E-state index is 5.89. The van der Waals surface area contributed by atoms with Crippen molar-refractivity contribution in [1.29, 1.82) is 0 Å². The van der Waals surface area contributed by atoms with E-state index in [1.54, 1.807) is 0 Å². The van der Waals surface area contributed by atoms with Gasteiger partial charge in [-0.3, -0.25) is 0 Å². The second kappa shape index (κ2) is 5.57. The summed E-state index contributed by atoms with van der Waals surface area (Å²) in [6.07, 6.45) is 1.71. The molecular weight excluding hydrogens is 232 g/mol. The van der Waals surface area contributed by atoms with Crippen LogP contribution in [0.15, 0.2) is 77.2 Å². The minimum Gasteiger partial charge on any atom is -0.465 e. The van der Waals surface area contributed by atoms with Gasteiger partial charge in [0, 0.05) is 12.8 Å². The van der Waals surface area contributed by atoms with Crippen molar-refractivity contribution in [3.05, 3.63) is 95.4 Å².